The molecule has 1 aromatic carbocycles. The quantitative estimate of drug-likeness (QED) is 0.525. The van der Waals surface area contributed by atoms with Crippen molar-refractivity contribution in [1.82, 2.24) is 4.81 Å². The summed E-state index contributed by atoms with van der Waals surface area (Å²) in [6.07, 6.45) is 9.04. The molecule has 0 saturated heterocycles. The van der Waals surface area contributed by atoms with Crippen molar-refractivity contribution in [3.63, 3.8) is 0 Å². The summed E-state index contributed by atoms with van der Waals surface area (Å²) in [4.78, 5) is 1.68. The Kier molecular flexibility index (Phi) is 5.66. The lowest BCUT2D eigenvalue weighted by Gasteiger charge is -2.21. The summed E-state index contributed by atoms with van der Waals surface area (Å²) in [5.74, 6) is 0. The van der Waals surface area contributed by atoms with E-state index in [2.05, 4.69) is 13.2 Å². The molecule has 1 nitrogen and oxygen atoms in total. The van der Waals surface area contributed by atoms with Gasteiger partial charge in [0.25, 0.3) is 0 Å². The third-order valence-electron chi connectivity index (χ3n) is 2.22. The summed E-state index contributed by atoms with van der Waals surface area (Å²) in [6, 6.07) is 10.1. The van der Waals surface area contributed by atoms with Gasteiger partial charge in [0.2, 0.25) is 7.98 Å². The van der Waals surface area contributed by atoms with Gasteiger partial charge in [-0.3, -0.25) is 0 Å². The van der Waals surface area contributed by atoms with Gasteiger partial charge in [0.1, 0.15) is 0 Å². The van der Waals surface area contributed by atoms with Crippen LogP contribution >= 0.6 is 0 Å². The molecule has 2 heteroatoms. The zero-order valence-electron chi connectivity index (χ0n) is 9.92. The van der Waals surface area contributed by atoms with Crippen molar-refractivity contribution in [2.45, 2.75) is 6.54 Å². The van der Waals surface area contributed by atoms with Gasteiger partial charge in [-0.25, -0.2) is 0 Å². The SMILES string of the molecule is [B]N(Cc1ccccc1)C(/C=C\C=C)=C/C=C. The molecule has 0 saturated carbocycles. The molecule has 0 amide bonds. The van der Waals surface area contributed by atoms with Gasteiger partial charge in [-0.2, -0.15) is 0 Å². The standard InChI is InChI=1S/C15H16BN/c1-3-5-12-15(9-4-2)17(16)13-14-10-7-6-8-11-14/h3-12H,1-2,13H2/b12-5-,15-9+. The molecule has 1 rings (SSSR count). The molecule has 0 spiro atoms. The van der Waals surface area contributed by atoms with Crippen LogP contribution in [-0.2, 0) is 6.54 Å². The Morgan fingerprint density at radius 3 is 2.47 bits per heavy atom. The molecule has 0 bridgehead atoms. The van der Waals surface area contributed by atoms with Crippen LogP contribution in [0.25, 0.3) is 0 Å². The van der Waals surface area contributed by atoms with Gasteiger partial charge in [-0.05, 0) is 17.7 Å². The molecular weight excluding hydrogens is 205 g/mol. The second kappa shape index (κ2) is 7.34. The van der Waals surface area contributed by atoms with E-state index in [1.165, 1.54) is 0 Å². The maximum atomic E-state index is 6.01. The minimum absolute atomic E-state index is 0.655. The maximum absolute atomic E-state index is 6.01. The van der Waals surface area contributed by atoms with Crippen LogP contribution in [0.3, 0.4) is 0 Å². The first-order valence-corrected chi connectivity index (χ1v) is 5.46. The van der Waals surface area contributed by atoms with E-state index in [1.807, 2.05) is 48.6 Å². The third-order valence-corrected chi connectivity index (χ3v) is 2.22. The minimum Gasteiger partial charge on any atom is -0.421 e. The molecule has 0 unspecified atom stereocenters. The zero-order chi connectivity index (χ0) is 12.5. The average molecular weight is 221 g/mol. The fourth-order valence-electron chi connectivity index (χ4n) is 1.41. The number of rotatable bonds is 6. The number of allylic oxidation sites excluding steroid dienone is 5. The Bertz CT molecular complexity index is 418. The highest BCUT2D eigenvalue weighted by Crippen LogP contribution is 2.09. The summed E-state index contributed by atoms with van der Waals surface area (Å²) in [5, 5.41) is 0. The highest BCUT2D eigenvalue weighted by atomic mass is 15.0. The topological polar surface area (TPSA) is 3.24 Å². The van der Waals surface area contributed by atoms with Crippen molar-refractivity contribution in [3.05, 3.63) is 85.1 Å². The van der Waals surface area contributed by atoms with Crippen LogP contribution < -0.4 is 0 Å². The van der Waals surface area contributed by atoms with E-state index in [0.29, 0.717) is 6.54 Å². The maximum Gasteiger partial charge on any atom is 0.227 e. The van der Waals surface area contributed by atoms with Gasteiger partial charge < -0.3 is 4.81 Å². The van der Waals surface area contributed by atoms with Crippen molar-refractivity contribution in [2.75, 3.05) is 0 Å². The van der Waals surface area contributed by atoms with Crippen LogP contribution in [0.5, 0.6) is 0 Å². The highest BCUT2D eigenvalue weighted by molar-refractivity contribution is 6.05. The van der Waals surface area contributed by atoms with Gasteiger partial charge in [-0.15, -0.1) is 0 Å². The van der Waals surface area contributed by atoms with Crippen LogP contribution in [0.4, 0.5) is 0 Å². The molecule has 0 N–H and O–H groups in total. The third kappa shape index (κ3) is 4.60. The molecule has 0 aromatic heterocycles. The molecule has 0 aliphatic carbocycles. The summed E-state index contributed by atoms with van der Waals surface area (Å²) >= 11 is 0. The number of nitrogens with zero attached hydrogens (tertiary/aromatic N) is 1. The lowest BCUT2D eigenvalue weighted by atomic mass is 10.1. The van der Waals surface area contributed by atoms with E-state index in [1.54, 1.807) is 17.0 Å². The number of benzene rings is 1. The summed E-state index contributed by atoms with van der Waals surface area (Å²) in [6.45, 7) is 7.97. The first-order valence-electron chi connectivity index (χ1n) is 5.46. The average Bonchev–Trinajstić information content (AvgIpc) is 2.35. The molecule has 0 aliphatic rings. The summed E-state index contributed by atoms with van der Waals surface area (Å²) in [5.41, 5.74) is 2.06. The Morgan fingerprint density at radius 2 is 1.88 bits per heavy atom. The van der Waals surface area contributed by atoms with E-state index < -0.39 is 0 Å². The predicted molar refractivity (Wildman–Crippen MR) is 75.4 cm³/mol. The Balaban J connectivity index is 2.75. The molecule has 0 heterocycles. The first kappa shape index (κ1) is 13.1. The fourth-order valence-corrected chi connectivity index (χ4v) is 1.41. The largest absolute Gasteiger partial charge is 0.421 e. The van der Waals surface area contributed by atoms with Gasteiger partial charge in [0.15, 0.2) is 0 Å². The van der Waals surface area contributed by atoms with Gasteiger partial charge in [-0.1, -0.05) is 61.7 Å². The number of hydrogen-bond donors (Lipinski definition) is 0. The van der Waals surface area contributed by atoms with Crippen LogP contribution in [0.15, 0.2) is 79.6 Å². The molecule has 0 aliphatic heterocycles. The predicted octanol–water partition coefficient (Wildman–Crippen LogP) is 3.38. The normalized spacial score (nSPS) is 11.4. The van der Waals surface area contributed by atoms with E-state index in [0.717, 1.165) is 11.3 Å². The van der Waals surface area contributed by atoms with Crippen LogP contribution in [0.1, 0.15) is 5.56 Å². The molecule has 0 atom stereocenters. The minimum atomic E-state index is 0.655. The van der Waals surface area contributed by atoms with Crippen LogP contribution in [-0.4, -0.2) is 12.8 Å². The second-order valence-electron chi connectivity index (χ2n) is 3.54. The monoisotopic (exact) mass is 221 g/mol. The lowest BCUT2D eigenvalue weighted by Crippen LogP contribution is -2.17. The Hall–Kier alpha value is -1.96. The second-order valence-corrected chi connectivity index (χ2v) is 3.54. The fraction of sp³-hybridized carbons (Fsp3) is 0.0667. The molecule has 2 radical (unpaired) electrons. The first-order chi connectivity index (χ1) is 8.27. The molecule has 84 valence electrons. The van der Waals surface area contributed by atoms with Crippen molar-refractivity contribution in [1.29, 1.82) is 0 Å². The molecular formula is C15H16BN. The van der Waals surface area contributed by atoms with Crippen LogP contribution in [0, 0.1) is 0 Å². The number of hydrogen-bond acceptors (Lipinski definition) is 1. The van der Waals surface area contributed by atoms with E-state index in [4.69, 9.17) is 7.98 Å². The summed E-state index contributed by atoms with van der Waals surface area (Å²) < 4.78 is 0. The van der Waals surface area contributed by atoms with Crippen molar-refractivity contribution in [2.24, 2.45) is 0 Å². The molecule has 1 aromatic rings. The summed E-state index contributed by atoms with van der Waals surface area (Å²) in [7, 11) is 6.01. The Morgan fingerprint density at radius 1 is 1.18 bits per heavy atom. The van der Waals surface area contributed by atoms with Crippen molar-refractivity contribution >= 4 is 7.98 Å². The van der Waals surface area contributed by atoms with Gasteiger partial charge in [0.05, 0.1) is 0 Å². The lowest BCUT2D eigenvalue weighted by molar-refractivity contribution is 0.566. The van der Waals surface area contributed by atoms with Crippen molar-refractivity contribution in [3.8, 4) is 0 Å². The van der Waals surface area contributed by atoms with E-state index in [9.17, 15) is 0 Å². The van der Waals surface area contributed by atoms with Crippen LogP contribution in [0.2, 0.25) is 0 Å². The molecule has 0 fully saturated rings. The van der Waals surface area contributed by atoms with E-state index in [-0.39, 0.29) is 0 Å². The smallest absolute Gasteiger partial charge is 0.227 e. The van der Waals surface area contributed by atoms with Gasteiger partial charge >= 0.3 is 0 Å². The zero-order valence-corrected chi connectivity index (χ0v) is 9.92. The highest BCUT2D eigenvalue weighted by Gasteiger charge is 2.00. The van der Waals surface area contributed by atoms with Crippen molar-refractivity contribution < 1.29 is 0 Å². The van der Waals surface area contributed by atoms with E-state index >= 15 is 0 Å². The Labute approximate surface area is 105 Å². The van der Waals surface area contributed by atoms with Gasteiger partial charge in [0, 0.05) is 12.2 Å². The molecule has 17 heavy (non-hydrogen) atoms.